The Morgan fingerprint density at radius 2 is 1.73 bits per heavy atom. The Bertz CT molecular complexity index is 795. The number of Topliss-reactive ketones (excluding diaryl/α,β-unsaturated/α-hetero) is 1. The van der Waals surface area contributed by atoms with E-state index in [9.17, 15) is 9.59 Å². The Labute approximate surface area is 154 Å². The zero-order valence-electron chi connectivity index (χ0n) is 15.4. The summed E-state index contributed by atoms with van der Waals surface area (Å²) in [5.74, 6) is 0.106. The minimum absolute atomic E-state index is 0.0206. The molecule has 0 unspecified atom stereocenters. The van der Waals surface area contributed by atoms with Crippen LogP contribution in [-0.2, 0) is 4.79 Å². The summed E-state index contributed by atoms with van der Waals surface area (Å²) in [6.07, 6.45) is 0. The first-order valence-electron chi connectivity index (χ1n) is 8.97. The van der Waals surface area contributed by atoms with Gasteiger partial charge in [0.25, 0.3) is 0 Å². The topological polar surface area (TPSA) is 52.7 Å². The normalized spacial score (nSPS) is 14.2. The van der Waals surface area contributed by atoms with E-state index < -0.39 is 0 Å². The summed E-state index contributed by atoms with van der Waals surface area (Å²) in [7, 11) is 0. The molecule has 0 saturated carbocycles. The van der Waals surface area contributed by atoms with E-state index in [0.717, 1.165) is 31.9 Å². The molecular weight excluding hydrogens is 326 g/mol. The lowest BCUT2D eigenvalue weighted by atomic mass is 10.1. The second-order valence-electron chi connectivity index (χ2n) is 6.70. The Hall–Kier alpha value is -2.82. The van der Waals surface area contributed by atoms with Crippen molar-refractivity contribution < 1.29 is 9.59 Å². The molecule has 3 rings (SSSR count). The Morgan fingerprint density at radius 1 is 1.00 bits per heavy atom. The van der Waals surface area contributed by atoms with Crippen molar-refractivity contribution in [3.63, 3.8) is 0 Å². The fraction of sp³-hybridized carbons (Fsp3) is 0.333. The van der Waals surface area contributed by atoms with Gasteiger partial charge in [-0.2, -0.15) is 0 Å². The van der Waals surface area contributed by atoms with Gasteiger partial charge in [0.1, 0.15) is 0 Å². The van der Waals surface area contributed by atoms with E-state index in [4.69, 9.17) is 0 Å². The molecule has 5 heteroatoms. The van der Waals surface area contributed by atoms with Gasteiger partial charge in [-0.3, -0.25) is 9.59 Å². The SMILES string of the molecule is CC(=O)c1cccc(NCC(=O)N2CCN(c3cccc(C)c3)CC2)c1. The number of hydrogen-bond donors (Lipinski definition) is 1. The van der Waals surface area contributed by atoms with Crippen LogP contribution in [-0.4, -0.2) is 49.3 Å². The van der Waals surface area contributed by atoms with Crippen LogP contribution in [0.1, 0.15) is 22.8 Å². The maximum absolute atomic E-state index is 12.5. The van der Waals surface area contributed by atoms with Gasteiger partial charge in [-0.05, 0) is 43.7 Å². The third-order valence-corrected chi connectivity index (χ3v) is 4.71. The first-order valence-corrected chi connectivity index (χ1v) is 8.97. The van der Waals surface area contributed by atoms with Crippen LogP contribution >= 0.6 is 0 Å². The highest BCUT2D eigenvalue weighted by atomic mass is 16.2. The molecule has 0 radical (unpaired) electrons. The van der Waals surface area contributed by atoms with E-state index in [1.165, 1.54) is 18.2 Å². The third-order valence-electron chi connectivity index (χ3n) is 4.71. The fourth-order valence-electron chi connectivity index (χ4n) is 3.18. The number of hydrogen-bond acceptors (Lipinski definition) is 4. The van der Waals surface area contributed by atoms with Crippen LogP contribution in [0.25, 0.3) is 0 Å². The smallest absolute Gasteiger partial charge is 0.241 e. The molecule has 0 bridgehead atoms. The minimum Gasteiger partial charge on any atom is -0.376 e. The van der Waals surface area contributed by atoms with E-state index in [2.05, 4.69) is 41.4 Å². The predicted octanol–water partition coefficient (Wildman–Crippen LogP) is 2.96. The van der Waals surface area contributed by atoms with Crippen molar-refractivity contribution in [2.24, 2.45) is 0 Å². The first kappa shape index (κ1) is 18.0. The fourth-order valence-corrected chi connectivity index (χ4v) is 3.18. The summed E-state index contributed by atoms with van der Waals surface area (Å²) in [5, 5.41) is 3.13. The molecular formula is C21H25N3O2. The molecule has 0 aromatic heterocycles. The number of benzene rings is 2. The number of nitrogens with one attached hydrogen (secondary N) is 1. The molecule has 26 heavy (non-hydrogen) atoms. The molecule has 0 aliphatic carbocycles. The molecule has 1 N–H and O–H groups in total. The van der Waals surface area contributed by atoms with Crippen molar-refractivity contribution in [2.75, 3.05) is 42.9 Å². The van der Waals surface area contributed by atoms with Crippen molar-refractivity contribution in [3.05, 3.63) is 59.7 Å². The lowest BCUT2D eigenvalue weighted by Gasteiger charge is -2.36. The molecule has 1 fully saturated rings. The number of amides is 1. The van der Waals surface area contributed by atoms with E-state index in [0.29, 0.717) is 5.56 Å². The van der Waals surface area contributed by atoms with Crippen LogP contribution in [0.4, 0.5) is 11.4 Å². The molecule has 1 aliphatic rings. The summed E-state index contributed by atoms with van der Waals surface area (Å²) < 4.78 is 0. The quantitative estimate of drug-likeness (QED) is 0.842. The van der Waals surface area contributed by atoms with Gasteiger partial charge >= 0.3 is 0 Å². The highest BCUT2D eigenvalue weighted by Gasteiger charge is 2.21. The number of ketones is 1. The molecule has 0 atom stereocenters. The maximum atomic E-state index is 12.5. The third kappa shape index (κ3) is 4.42. The van der Waals surface area contributed by atoms with Gasteiger partial charge in [0.05, 0.1) is 6.54 Å². The molecule has 0 spiro atoms. The summed E-state index contributed by atoms with van der Waals surface area (Å²) in [5.41, 5.74) is 3.91. The average Bonchev–Trinajstić information content (AvgIpc) is 2.66. The number of aryl methyl sites for hydroxylation is 1. The second kappa shape index (κ2) is 8.04. The molecule has 1 amide bonds. The Balaban J connectivity index is 1.51. The van der Waals surface area contributed by atoms with Crippen molar-refractivity contribution in [2.45, 2.75) is 13.8 Å². The van der Waals surface area contributed by atoms with Gasteiger partial charge in [0.2, 0.25) is 5.91 Å². The Morgan fingerprint density at radius 3 is 2.42 bits per heavy atom. The van der Waals surface area contributed by atoms with Crippen molar-refractivity contribution in [3.8, 4) is 0 Å². The standard InChI is InChI=1S/C21H25N3O2/c1-16-5-3-8-20(13-16)23-9-11-24(12-10-23)21(26)15-22-19-7-4-6-18(14-19)17(2)25/h3-8,13-14,22H,9-12,15H2,1-2H3. The van der Waals surface area contributed by atoms with Gasteiger partial charge in [-0.25, -0.2) is 0 Å². The van der Waals surface area contributed by atoms with Crippen LogP contribution < -0.4 is 10.2 Å². The molecule has 2 aromatic rings. The van der Waals surface area contributed by atoms with E-state index >= 15 is 0 Å². The maximum Gasteiger partial charge on any atom is 0.241 e. The summed E-state index contributed by atoms with van der Waals surface area (Å²) in [6.45, 7) is 7.01. The van der Waals surface area contributed by atoms with Crippen LogP contribution in [0.3, 0.4) is 0 Å². The van der Waals surface area contributed by atoms with E-state index in [-0.39, 0.29) is 18.2 Å². The van der Waals surface area contributed by atoms with Gasteiger partial charge in [-0.1, -0.05) is 24.3 Å². The summed E-state index contributed by atoms with van der Waals surface area (Å²) in [4.78, 5) is 28.1. The van der Waals surface area contributed by atoms with Crippen LogP contribution in [0, 0.1) is 6.92 Å². The number of rotatable bonds is 5. The van der Waals surface area contributed by atoms with Crippen molar-refractivity contribution in [1.29, 1.82) is 0 Å². The van der Waals surface area contributed by atoms with Crippen LogP contribution in [0.15, 0.2) is 48.5 Å². The monoisotopic (exact) mass is 351 g/mol. The highest BCUT2D eigenvalue weighted by Crippen LogP contribution is 2.18. The van der Waals surface area contributed by atoms with Crippen molar-refractivity contribution in [1.82, 2.24) is 4.90 Å². The van der Waals surface area contributed by atoms with E-state index in [1.54, 1.807) is 12.1 Å². The predicted molar refractivity (Wildman–Crippen MR) is 105 cm³/mol. The van der Waals surface area contributed by atoms with Gasteiger partial charge < -0.3 is 15.1 Å². The number of anilines is 2. The number of piperazine rings is 1. The van der Waals surface area contributed by atoms with E-state index in [1.807, 2.05) is 17.0 Å². The highest BCUT2D eigenvalue weighted by molar-refractivity contribution is 5.95. The molecule has 1 heterocycles. The molecule has 2 aromatic carbocycles. The lowest BCUT2D eigenvalue weighted by Crippen LogP contribution is -2.50. The van der Waals surface area contributed by atoms with Gasteiger partial charge in [-0.15, -0.1) is 0 Å². The molecule has 1 aliphatic heterocycles. The number of carbonyl (C=O) groups excluding carboxylic acids is 2. The number of carbonyl (C=O) groups is 2. The zero-order valence-corrected chi connectivity index (χ0v) is 15.4. The van der Waals surface area contributed by atoms with Crippen LogP contribution in [0.5, 0.6) is 0 Å². The van der Waals surface area contributed by atoms with Gasteiger partial charge in [0, 0.05) is 43.1 Å². The average molecular weight is 351 g/mol. The van der Waals surface area contributed by atoms with Crippen LogP contribution in [0.2, 0.25) is 0 Å². The minimum atomic E-state index is 0.0206. The molecule has 1 saturated heterocycles. The summed E-state index contributed by atoms with van der Waals surface area (Å²) in [6, 6.07) is 15.7. The molecule has 136 valence electrons. The zero-order chi connectivity index (χ0) is 18.5. The number of nitrogens with zero attached hydrogens (tertiary/aromatic N) is 2. The van der Waals surface area contributed by atoms with Crippen molar-refractivity contribution >= 4 is 23.1 Å². The second-order valence-corrected chi connectivity index (χ2v) is 6.70. The molecule has 5 nitrogen and oxygen atoms in total. The Kier molecular flexibility index (Phi) is 5.56. The van der Waals surface area contributed by atoms with Gasteiger partial charge in [0.15, 0.2) is 5.78 Å². The summed E-state index contributed by atoms with van der Waals surface area (Å²) >= 11 is 0. The first-order chi connectivity index (χ1) is 12.5. The lowest BCUT2D eigenvalue weighted by molar-refractivity contribution is -0.129. The largest absolute Gasteiger partial charge is 0.376 e.